The minimum absolute atomic E-state index is 0.0562. The van der Waals surface area contributed by atoms with Crippen LogP contribution in [0.1, 0.15) is 20.7 Å². The summed E-state index contributed by atoms with van der Waals surface area (Å²) >= 11 is 0. The molecule has 2 aromatic carbocycles. The van der Waals surface area contributed by atoms with Crippen LogP contribution >= 0.6 is 0 Å². The normalized spacial score (nSPS) is 13.2. The smallest absolute Gasteiger partial charge is 0.262 e. The Morgan fingerprint density at radius 1 is 1.09 bits per heavy atom. The summed E-state index contributed by atoms with van der Waals surface area (Å²) in [6.07, 6.45) is 0. The molecule has 0 radical (unpaired) electrons. The number of nitrogen functional groups attached to an aromatic ring is 1. The number of halogens is 1. The molecular weight excluding hydrogens is 301 g/mol. The van der Waals surface area contributed by atoms with Crippen LogP contribution in [0.2, 0.25) is 0 Å². The molecule has 0 saturated heterocycles. The van der Waals surface area contributed by atoms with Gasteiger partial charge in [0.1, 0.15) is 12.4 Å². The lowest BCUT2D eigenvalue weighted by Gasteiger charge is -2.14. The molecule has 0 spiro atoms. The second kappa shape index (κ2) is 5.53. The van der Waals surface area contributed by atoms with Gasteiger partial charge in [-0.15, -0.1) is 0 Å². The van der Waals surface area contributed by atoms with E-state index < -0.39 is 30.1 Å². The summed E-state index contributed by atoms with van der Waals surface area (Å²) in [5, 5.41) is 2.46. The van der Waals surface area contributed by atoms with Crippen LogP contribution in [-0.2, 0) is 4.79 Å². The number of nitrogens with zero attached hydrogens (tertiary/aromatic N) is 1. The maximum Gasteiger partial charge on any atom is 0.262 e. The highest BCUT2D eigenvalue weighted by molar-refractivity contribution is 6.22. The molecule has 0 bridgehead atoms. The molecule has 7 heteroatoms. The second-order valence-corrected chi connectivity index (χ2v) is 5.02. The number of amides is 3. The van der Waals surface area contributed by atoms with Gasteiger partial charge in [-0.05, 0) is 30.3 Å². The molecule has 6 nitrogen and oxygen atoms in total. The number of nitrogens with two attached hydrogens (primary N) is 1. The first kappa shape index (κ1) is 14.7. The molecule has 1 aliphatic rings. The number of nitrogens with one attached hydrogen (secondary N) is 1. The number of hydrogen-bond acceptors (Lipinski definition) is 4. The van der Waals surface area contributed by atoms with E-state index in [1.165, 1.54) is 18.2 Å². The van der Waals surface area contributed by atoms with Crippen LogP contribution in [0.5, 0.6) is 0 Å². The van der Waals surface area contributed by atoms with Gasteiger partial charge < -0.3 is 11.1 Å². The molecule has 116 valence electrons. The maximum atomic E-state index is 13.0. The molecule has 2 aromatic rings. The third-order valence-corrected chi connectivity index (χ3v) is 3.47. The summed E-state index contributed by atoms with van der Waals surface area (Å²) in [5.74, 6) is -2.17. The minimum Gasteiger partial charge on any atom is -0.397 e. The monoisotopic (exact) mass is 313 g/mol. The first-order valence-electron chi connectivity index (χ1n) is 6.77. The number of carbonyl (C=O) groups is 3. The number of anilines is 2. The Morgan fingerprint density at radius 2 is 1.70 bits per heavy atom. The molecule has 3 N–H and O–H groups in total. The van der Waals surface area contributed by atoms with E-state index in [0.29, 0.717) is 0 Å². The van der Waals surface area contributed by atoms with Crippen molar-refractivity contribution in [2.75, 3.05) is 17.6 Å². The summed E-state index contributed by atoms with van der Waals surface area (Å²) in [6.45, 7) is -0.441. The summed E-state index contributed by atoms with van der Waals surface area (Å²) in [7, 11) is 0. The SMILES string of the molecule is Nc1cc(F)ccc1NC(=O)CN1C(=O)c2ccccc2C1=O. The van der Waals surface area contributed by atoms with Gasteiger partial charge in [-0.25, -0.2) is 4.39 Å². The van der Waals surface area contributed by atoms with Crippen molar-refractivity contribution in [1.29, 1.82) is 0 Å². The van der Waals surface area contributed by atoms with Gasteiger partial charge in [0.2, 0.25) is 5.91 Å². The van der Waals surface area contributed by atoms with E-state index in [-0.39, 0.29) is 22.5 Å². The Kier molecular flexibility index (Phi) is 3.53. The Bertz CT molecular complexity index is 800. The first-order valence-corrected chi connectivity index (χ1v) is 6.77. The summed E-state index contributed by atoms with van der Waals surface area (Å²) in [6, 6.07) is 9.88. The fraction of sp³-hybridized carbons (Fsp3) is 0.0625. The van der Waals surface area contributed by atoms with Crippen LogP contribution in [-0.4, -0.2) is 29.2 Å². The van der Waals surface area contributed by atoms with E-state index in [9.17, 15) is 18.8 Å². The Morgan fingerprint density at radius 3 is 2.26 bits per heavy atom. The molecule has 3 amide bonds. The van der Waals surface area contributed by atoms with Crippen LogP contribution in [0.15, 0.2) is 42.5 Å². The minimum atomic E-state index is -0.599. The molecule has 0 aliphatic carbocycles. The van der Waals surface area contributed by atoms with Crippen molar-refractivity contribution in [3.05, 3.63) is 59.4 Å². The van der Waals surface area contributed by atoms with Crippen molar-refractivity contribution in [3.63, 3.8) is 0 Å². The standard InChI is InChI=1S/C16H12FN3O3/c17-9-5-6-13(12(18)7-9)19-14(21)8-20-15(22)10-3-1-2-4-11(10)16(20)23/h1-7H,8,18H2,(H,19,21). The average molecular weight is 313 g/mol. The van der Waals surface area contributed by atoms with E-state index in [1.807, 2.05) is 0 Å². The number of hydrogen-bond donors (Lipinski definition) is 2. The van der Waals surface area contributed by atoms with Crippen molar-refractivity contribution in [1.82, 2.24) is 4.90 Å². The third kappa shape index (κ3) is 2.64. The summed E-state index contributed by atoms with van der Waals surface area (Å²) < 4.78 is 13.0. The fourth-order valence-electron chi connectivity index (χ4n) is 2.36. The highest BCUT2D eigenvalue weighted by Gasteiger charge is 2.36. The third-order valence-electron chi connectivity index (χ3n) is 3.47. The Balaban J connectivity index is 1.74. The van der Waals surface area contributed by atoms with Gasteiger partial charge in [0.05, 0.1) is 22.5 Å². The van der Waals surface area contributed by atoms with Gasteiger partial charge in [-0.2, -0.15) is 0 Å². The highest BCUT2D eigenvalue weighted by Crippen LogP contribution is 2.23. The number of benzene rings is 2. The average Bonchev–Trinajstić information content (AvgIpc) is 2.76. The van der Waals surface area contributed by atoms with Gasteiger partial charge in [0, 0.05) is 0 Å². The largest absolute Gasteiger partial charge is 0.397 e. The van der Waals surface area contributed by atoms with E-state index in [1.54, 1.807) is 12.1 Å². The van der Waals surface area contributed by atoms with E-state index in [0.717, 1.165) is 17.0 Å². The molecule has 1 aliphatic heterocycles. The maximum absolute atomic E-state index is 13.0. The van der Waals surface area contributed by atoms with E-state index in [4.69, 9.17) is 5.73 Å². The van der Waals surface area contributed by atoms with Crippen molar-refractivity contribution in [3.8, 4) is 0 Å². The van der Waals surface area contributed by atoms with Crippen molar-refractivity contribution >= 4 is 29.1 Å². The van der Waals surface area contributed by atoms with E-state index in [2.05, 4.69) is 5.32 Å². The fourth-order valence-corrected chi connectivity index (χ4v) is 2.36. The topological polar surface area (TPSA) is 92.5 Å². The number of fused-ring (bicyclic) bond motifs is 1. The predicted octanol–water partition coefficient (Wildman–Crippen LogP) is 1.64. The molecule has 0 unspecified atom stereocenters. The van der Waals surface area contributed by atoms with Crippen LogP contribution in [0.4, 0.5) is 15.8 Å². The quantitative estimate of drug-likeness (QED) is 0.665. The molecule has 3 rings (SSSR count). The van der Waals surface area contributed by atoms with Crippen molar-refractivity contribution in [2.24, 2.45) is 0 Å². The van der Waals surface area contributed by atoms with Gasteiger partial charge >= 0.3 is 0 Å². The molecule has 0 saturated carbocycles. The van der Waals surface area contributed by atoms with Crippen LogP contribution in [0.25, 0.3) is 0 Å². The Labute approximate surface area is 130 Å². The number of carbonyl (C=O) groups excluding carboxylic acids is 3. The van der Waals surface area contributed by atoms with Crippen molar-refractivity contribution in [2.45, 2.75) is 0 Å². The zero-order valence-electron chi connectivity index (χ0n) is 11.9. The predicted molar refractivity (Wildman–Crippen MR) is 81.3 cm³/mol. The molecule has 1 heterocycles. The zero-order valence-corrected chi connectivity index (χ0v) is 11.9. The summed E-state index contributed by atoms with van der Waals surface area (Å²) in [4.78, 5) is 37.2. The van der Waals surface area contributed by atoms with Gasteiger partial charge in [-0.1, -0.05) is 12.1 Å². The number of imide groups is 1. The van der Waals surface area contributed by atoms with Gasteiger partial charge in [0.25, 0.3) is 11.8 Å². The lowest BCUT2D eigenvalue weighted by Crippen LogP contribution is -2.37. The first-order chi connectivity index (χ1) is 11.0. The van der Waals surface area contributed by atoms with Crippen LogP contribution in [0, 0.1) is 5.82 Å². The van der Waals surface area contributed by atoms with Crippen LogP contribution < -0.4 is 11.1 Å². The Hall–Kier alpha value is -3.22. The van der Waals surface area contributed by atoms with E-state index >= 15 is 0 Å². The molecule has 0 fully saturated rings. The van der Waals surface area contributed by atoms with Gasteiger partial charge in [-0.3, -0.25) is 19.3 Å². The molecule has 23 heavy (non-hydrogen) atoms. The molecule has 0 aromatic heterocycles. The zero-order chi connectivity index (χ0) is 16.6. The van der Waals surface area contributed by atoms with Crippen LogP contribution in [0.3, 0.4) is 0 Å². The molecule has 0 atom stereocenters. The highest BCUT2D eigenvalue weighted by atomic mass is 19.1. The molecular formula is C16H12FN3O3. The number of rotatable bonds is 3. The van der Waals surface area contributed by atoms with Crippen molar-refractivity contribution < 1.29 is 18.8 Å². The lowest BCUT2D eigenvalue weighted by atomic mass is 10.1. The summed E-state index contributed by atoms with van der Waals surface area (Å²) in [5.41, 5.74) is 6.41. The van der Waals surface area contributed by atoms with Gasteiger partial charge in [0.15, 0.2) is 0 Å². The second-order valence-electron chi connectivity index (χ2n) is 5.02. The lowest BCUT2D eigenvalue weighted by molar-refractivity contribution is -0.116.